The van der Waals surface area contributed by atoms with Crippen molar-refractivity contribution in [1.29, 1.82) is 0 Å². The summed E-state index contributed by atoms with van der Waals surface area (Å²) < 4.78 is 48.2. The van der Waals surface area contributed by atoms with E-state index in [0.717, 1.165) is 17.8 Å². The highest BCUT2D eigenvalue weighted by molar-refractivity contribution is 7.17. The molecule has 0 aliphatic carbocycles. The Morgan fingerprint density at radius 2 is 2.17 bits per heavy atom. The van der Waals surface area contributed by atoms with Gasteiger partial charge in [-0.2, -0.15) is 13.2 Å². The average Bonchev–Trinajstić information content (AvgIpc) is 2.93. The summed E-state index contributed by atoms with van der Waals surface area (Å²) in [5.74, 6) is -1.23. The molecule has 1 amide bonds. The van der Waals surface area contributed by atoms with Crippen LogP contribution in [0.1, 0.15) is 27.4 Å². The predicted octanol–water partition coefficient (Wildman–Crippen LogP) is 3.34. The predicted molar refractivity (Wildman–Crippen MR) is 78.7 cm³/mol. The number of thiophene rings is 1. The number of hydrogen-bond acceptors (Lipinski definition) is 5. The Kier molecular flexibility index (Phi) is 3.47. The number of alkyl halides is 3. The van der Waals surface area contributed by atoms with Crippen LogP contribution in [0.5, 0.6) is 0 Å². The van der Waals surface area contributed by atoms with Gasteiger partial charge >= 0.3 is 6.18 Å². The Hall–Kier alpha value is -1.87. The summed E-state index contributed by atoms with van der Waals surface area (Å²) in [5.41, 5.74) is 0.0474. The van der Waals surface area contributed by atoms with E-state index in [1.165, 1.54) is 6.92 Å². The van der Waals surface area contributed by atoms with Crippen LogP contribution < -0.4 is 0 Å². The largest absolute Gasteiger partial charge is 0.452 e. The van der Waals surface area contributed by atoms with Crippen LogP contribution in [0.3, 0.4) is 0 Å². The summed E-state index contributed by atoms with van der Waals surface area (Å²) in [6.45, 7) is 2.51. The Morgan fingerprint density at radius 3 is 2.83 bits per heavy atom. The molecular formula is C15H13F3N2O3S. The number of carbonyl (C=O) groups excluding carboxylic acids is 1. The Balaban J connectivity index is 1.56. The van der Waals surface area contributed by atoms with Gasteiger partial charge in [0.25, 0.3) is 5.91 Å². The van der Waals surface area contributed by atoms with Crippen molar-refractivity contribution in [3.05, 3.63) is 28.3 Å². The third kappa shape index (κ3) is 2.61. The smallest absolute Gasteiger partial charge is 0.368 e. The van der Waals surface area contributed by atoms with Crippen molar-refractivity contribution in [3.8, 4) is 10.6 Å². The summed E-state index contributed by atoms with van der Waals surface area (Å²) in [7, 11) is 0. The summed E-state index contributed by atoms with van der Waals surface area (Å²) in [4.78, 5) is 15.2. The molecule has 128 valence electrons. The number of ether oxygens (including phenoxy) is 1. The van der Waals surface area contributed by atoms with E-state index in [2.05, 4.69) is 9.68 Å². The van der Waals surface area contributed by atoms with E-state index in [1.807, 2.05) is 0 Å². The molecule has 5 nitrogen and oxygen atoms in total. The molecule has 2 atom stereocenters. The third-order valence-corrected chi connectivity index (χ3v) is 5.37. The molecule has 9 heteroatoms. The molecule has 2 fully saturated rings. The molecule has 2 aliphatic rings. The molecule has 2 aromatic rings. The first-order chi connectivity index (χ1) is 11.3. The lowest BCUT2D eigenvalue weighted by Gasteiger charge is -2.23. The fourth-order valence-corrected chi connectivity index (χ4v) is 3.95. The maximum Gasteiger partial charge on any atom is 0.452 e. The van der Waals surface area contributed by atoms with Crippen molar-refractivity contribution in [1.82, 2.24) is 10.1 Å². The van der Waals surface area contributed by atoms with Gasteiger partial charge in [0.1, 0.15) is 11.8 Å². The maximum absolute atomic E-state index is 12.8. The molecule has 0 N–H and O–H groups in total. The van der Waals surface area contributed by atoms with Gasteiger partial charge in [0.15, 0.2) is 0 Å². The van der Waals surface area contributed by atoms with Gasteiger partial charge in [-0.15, -0.1) is 11.3 Å². The zero-order valence-electron chi connectivity index (χ0n) is 12.6. The van der Waals surface area contributed by atoms with Gasteiger partial charge in [-0.3, -0.25) is 4.79 Å². The highest BCUT2D eigenvalue weighted by Gasteiger charge is 2.44. The first kappa shape index (κ1) is 15.6. The fraction of sp³-hybridized carbons (Fsp3) is 0.467. The zero-order valence-corrected chi connectivity index (χ0v) is 13.4. The SMILES string of the molecule is Cc1c(-c2ccc(C(=O)N3CCC4OC4C3)s2)noc1C(F)(F)F. The summed E-state index contributed by atoms with van der Waals surface area (Å²) in [6.07, 6.45) is -3.34. The lowest BCUT2D eigenvalue weighted by atomic mass is 10.1. The van der Waals surface area contributed by atoms with Crippen molar-refractivity contribution >= 4 is 17.2 Å². The van der Waals surface area contributed by atoms with Crippen LogP contribution in [-0.2, 0) is 10.9 Å². The van der Waals surface area contributed by atoms with Crippen molar-refractivity contribution in [2.45, 2.75) is 31.7 Å². The van der Waals surface area contributed by atoms with Crippen molar-refractivity contribution in [2.75, 3.05) is 13.1 Å². The number of carbonyl (C=O) groups is 1. The highest BCUT2D eigenvalue weighted by Crippen LogP contribution is 2.38. The van der Waals surface area contributed by atoms with Crippen molar-refractivity contribution in [3.63, 3.8) is 0 Å². The number of nitrogens with zero attached hydrogens (tertiary/aromatic N) is 2. The number of fused-ring (bicyclic) bond motifs is 1. The quantitative estimate of drug-likeness (QED) is 0.773. The van der Waals surface area contributed by atoms with Crippen LogP contribution in [0.2, 0.25) is 0 Å². The van der Waals surface area contributed by atoms with Crippen LogP contribution in [-0.4, -0.2) is 41.3 Å². The molecule has 0 spiro atoms. The lowest BCUT2D eigenvalue weighted by molar-refractivity contribution is -0.156. The normalized spacial score (nSPS) is 23.2. The number of aromatic nitrogens is 1. The summed E-state index contributed by atoms with van der Waals surface area (Å²) >= 11 is 1.12. The third-order valence-electron chi connectivity index (χ3n) is 4.29. The number of amides is 1. The van der Waals surface area contributed by atoms with E-state index >= 15 is 0 Å². The Labute approximate surface area is 139 Å². The van der Waals surface area contributed by atoms with Crippen molar-refractivity contribution < 1.29 is 27.2 Å². The highest BCUT2D eigenvalue weighted by atomic mass is 32.1. The topological polar surface area (TPSA) is 58.9 Å². The first-order valence-electron chi connectivity index (χ1n) is 7.43. The number of hydrogen-bond donors (Lipinski definition) is 0. The monoisotopic (exact) mass is 358 g/mol. The Morgan fingerprint density at radius 1 is 1.38 bits per heavy atom. The molecule has 0 radical (unpaired) electrons. The molecule has 2 aliphatic heterocycles. The number of epoxide rings is 1. The second-order valence-corrected chi connectivity index (χ2v) is 6.98. The van der Waals surface area contributed by atoms with Crippen LogP contribution >= 0.6 is 11.3 Å². The second-order valence-electron chi connectivity index (χ2n) is 5.90. The van der Waals surface area contributed by atoms with E-state index < -0.39 is 11.9 Å². The second kappa shape index (κ2) is 5.32. The van der Waals surface area contributed by atoms with Gasteiger partial charge in [-0.1, -0.05) is 5.16 Å². The van der Waals surface area contributed by atoms with Crippen LogP contribution in [0.4, 0.5) is 13.2 Å². The van der Waals surface area contributed by atoms with E-state index in [9.17, 15) is 18.0 Å². The summed E-state index contributed by atoms with van der Waals surface area (Å²) in [5, 5.41) is 3.53. The number of piperidine rings is 1. The van der Waals surface area contributed by atoms with E-state index in [0.29, 0.717) is 22.8 Å². The zero-order chi connectivity index (χ0) is 17.1. The minimum atomic E-state index is -4.58. The molecule has 2 saturated heterocycles. The van der Waals surface area contributed by atoms with Gasteiger partial charge in [0, 0.05) is 18.7 Å². The van der Waals surface area contributed by atoms with Crippen LogP contribution in [0.15, 0.2) is 16.7 Å². The van der Waals surface area contributed by atoms with Gasteiger partial charge in [-0.25, -0.2) is 0 Å². The molecule has 0 aromatic carbocycles. The molecule has 4 rings (SSSR count). The maximum atomic E-state index is 12.8. The molecule has 2 aromatic heterocycles. The molecular weight excluding hydrogens is 345 g/mol. The molecule has 2 unspecified atom stereocenters. The standard InChI is InChI=1S/C15H13F3N2O3S/c1-7-12(19-23-13(7)15(16,17)18)10-2-3-11(24-10)14(21)20-5-4-8-9(6-20)22-8/h2-3,8-9H,4-6H2,1H3. The van der Waals surface area contributed by atoms with E-state index in [4.69, 9.17) is 4.74 Å². The molecule has 0 bridgehead atoms. The van der Waals surface area contributed by atoms with Gasteiger partial charge < -0.3 is 14.2 Å². The summed E-state index contributed by atoms with van der Waals surface area (Å²) in [6, 6.07) is 3.22. The first-order valence-corrected chi connectivity index (χ1v) is 8.24. The van der Waals surface area contributed by atoms with Crippen molar-refractivity contribution in [2.24, 2.45) is 0 Å². The number of rotatable bonds is 2. The lowest BCUT2D eigenvalue weighted by Crippen LogP contribution is -2.38. The average molecular weight is 358 g/mol. The Bertz CT molecular complexity index is 798. The molecule has 0 saturated carbocycles. The fourth-order valence-electron chi connectivity index (χ4n) is 2.94. The molecule has 4 heterocycles. The van der Waals surface area contributed by atoms with E-state index in [-0.39, 0.29) is 29.4 Å². The van der Waals surface area contributed by atoms with Gasteiger partial charge in [0.05, 0.1) is 15.9 Å². The van der Waals surface area contributed by atoms with Crippen LogP contribution in [0.25, 0.3) is 10.6 Å². The minimum Gasteiger partial charge on any atom is -0.368 e. The number of halogens is 3. The van der Waals surface area contributed by atoms with Crippen LogP contribution in [0, 0.1) is 6.92 Å². The minimum absolute atomic E-state index is 0.0736. The van der Waals surface area contributed by atoms with Gasteiger partial charge in [0.2, 0.25) is 5.76 Å². The van der Waals surface area contributed by atoms with Gasteiger partial charge in [-0.05, 0) is 25.5 Å². The molecule has 24 heavy (non-hydrogen) atoms. The van der Waals surface area contributed by atoms with E-state index in [1.54, 1.807) is 17.0 Å². The number of likely N-dealkylation sites (tertiary alicyclic amines) is 1.